The number of carbonyl (C=O) groups is 2. The second-order valence-corrected chi connectivity index (χ2v) is 13.0. The molecule has 0 bridgehead atoms. The number of nitrogens with one attached hydrogen (secondary N) is 2. The van der Waals surface area contributed by atoms with Gasteiger partial charge < -0.3 is 20.6 Å². The molecule has 0 spiro atoms. The third-order valence-electron chi connectivity index (χ3n) is 7.23. The van der Waals surface area contributed by atoms with Crippen LogP contribution in [0.1, 0.15) is 87.5 Å². The summed E-state index contributed by atoms with van der Waals surface area (Å²) in [4.78, 5) is 28.4. The molecule has 6 heteroatoms. The van der Waals surface area contributed by atoms with Gasteiger partial charge in [0.15, 0.2) is 0 Å². The maximum Gasteiger partial charge on any atom is 0.309 e. The van der Waals surface area contributed by atoms with Crippen LogP contribution < -0.4 is 10.6 Å². The van der Waals surface area contributed by atoms with Crippen molar-refractivity contribution >= 4 is 11.9 Å². The Morgan fingerprint density at radius 3 is 1.94 bits per heavy atom. The standard InChI is InChI=1S/C26H43N3O3/c1-22(2)14-18(15-23(3,4)27-22)20(21(31)32)26(29-13-11-9-10-12-19(29)30)16-24(5,6)28-25(7,8)17-26/h9-11,13,18,20,27-28H,12,14-17H2,1-8H3,(H,31,32). The van der Waals surface area contributed by atoms with Crippen molar-refractivity contribution in [3.63, 3.8) is 0 Å². The summed E-state index contributed by atoms with van der Waals surface area (Å²) < 4.78 is 0. The average Bonchev–Trinajstić information content (AvgIpc) is 2.73. The van der Waals surface area contributed by atoms with E-state index in [0.717, 1.165) is 12.8 Å². The summed E-state index contributed by atoms with van der Waals surface area (Å²) in [6.45, 7) is 17.1. The zero-order valence-electron chi connectivity index (χ0n) is 21.2. The van der Waals surface area contributed by atoms with E-state index in [-0.39, 0.29) is 34.0 Å². The number of allylic oxidation sites excluding steroid dienone is 2. The van der Waals surface area contributed by atoms with Crippen LogP contribution in [0.4, 0.5) is 0 Å². The van der Waals surface area contributed by atoms with Crippen molar-refractivity contribution in [2.75, 3.05) is 0 Å². The molecule has 1 atom stereocenters. The SMILES string of the molecule is CC1(C)CC(C(C(=O)O)C2(N3C=CC=CCC3=O)CC(C)(C)NC(C)(C)C2)CC(C)(C)N1. The first-order chi connectivity index (χ1) is 14.5. The van der Waals surface area contributed by atoms with E-state index >= 15 is 0 Å². The molecule has 0 aromatic carbocycles. The van der Waals surface area contributed by atoms with E-state index in [9.17, 15) is 14.7 Å². The third kappa shape index (κ3) is 5.12. The van der Waals surface area contributed by atoms with Crippen LogP contribution in [0.5, 0.6) is 0 Å². The van der Waals surface area contributed by atoms with Crippen LogP contribution in [0.25, 0.3) is 0 Å². The van der Waals surface area contributed by atoms with Crippen molar-refractivity contribution in [3.05, 3.63) is 24.4 Å². The Hall–Kier alpha value is -1.66. The monoisotopic (exact) mass is 445 g/mol. The lowest BCUT2D eigenvalue weighted by Crippen LogP contribution is -2.72. The molecule has 0 saturated carbocycles. The van der Waals surface area contributed by atoms with Gasteiger partial charge in [-0.1, -0.05) is 12.2 Å². The summed E-state index contributed by atoms with van der Waals surface area (Å²) >= 11 is 0. The van der Waals surface area contributed by atoms with Gasteiger partial charge in [-0.25, -0.2) is 0 Å². The maximum atomic E-state index is 13.4. The summed E-state index contributed by atoms with van der Waals surface area (Å²) in [7, 11) is 0. The van der Waals surface area contributed by atoms with Crippen molar-refractivity contribution < 1.29 is 14.7 Å². The number of rotatable bonds is 4. The third-order valence-corrected chi connectivity index (χ3v) is 7.23. The van der Waals surface area contributed by atoms with E-state index in [4.69, 9.17) is 0 Å². The van der Waals surface area contributed by atoms with Gasteiger partial charge in [0.25, 0.3) is 0 Å². The van der Waals surface area contributed by atoms with Crippen molar-refractivity contribution in [1.82, 2.24) is 15.5 Å². The van der Waals surface area contributed by atoms with Gasteiger partial charge in [-0.05, 0) is 93.1 Å². The van der Waals surface area contributed by atoms with Gasteiger partial charge in [-0.15, -0.1) is 0 Å². The lowest BCUT2D eigenvalue weighted by molar-refractivity contribution is -0.162. The lowest BCUT2D eigenvalue weighted by Gasteiger charge is -2.60. The maximum absolute atomic E-state index is 13.4. The molecule has 0 aromatic rings. The van der Waals surface area contributed by atoms with E-state index in [1.807, 2.05) is 24.4 Å². The largest absolute Gasteiger partial charge is 0.481 e. The Bertz CT molecular complexity index is 790. The van der Waals surface area contributed by atoms with E-state index in [0.29, 0.717) is 19.3 Å². The lowest BCUT2D eigenvalue weighted by atomic mass is 9.57. The van der Waals surface area contributed by atoms with Crippen LogP contribution in [-0.4, -0.2) is 49.6 Å². The molecule has 3 heterocycles. The number of hydrogen-bond donors (Lipinski definition) is 3. The Morgan fingerprint density at radius 2 is 1.44 bits per heavy atom. The number of carboxylic acids is 1. The van der Waals surface area contributed by atoms with Gasteiger partial charge in [0, 0.05) is 34.8 Å². The minimum Gasteiger partial charge on any atom is -0.481 e. The van der Waals surface area contributed by atoms with Crippen LogP contribution in [-0.2, 0) is 9.59 Å². The van der Waals surface area contributed by atoms with E-state index < -0.39 is 17.4 Å². The molecule has 2 fully saturated rings. The van der Waals surface area contributed by atoms with Crippen LogP contribution in [0.2, 0.25) is 0 Å². The van der Waals surface area contributed by atoms with E-state index in [2.05, 4.69) is 66.0 Å². The number of piperidine rings is 2. The fourth-order valence-corrected chi connectivity index (χ4v) is 7.61. The van der Waals surface area contributed by atoms with Crippen LogP contribution >= 0.6 is 0 Å². The molecule has 3 N–H and O–H groups in total. The molecular weight excluding hydrogens is 402 g/mol. The number of nitrogens with zero attached hydrogens (tertiary/aromatic N) is 1. The van der Waals surface area contributed by atoms with Gasteiger partial charge in [-0.3, -0.25) is 9.59 Å². The van der Waals surface area contributed by atoms with Gasteiger partial charge in [0.2, 0.25) is 5.91 Å². The Kier molecular flexibility index (Phi) is 6.23. The molecule has 1 amide bonds. The zero-order chi connectivity index (χ0) is 24.2. The quantitative estimate of drug-likeness (QED) is 0.603. The molecule has 3 aliphatic heterocycles. The molecular formula is C26H43N3O3. The molecule has 2 saturated heterocycles. The molecule has 3 aliphatic rings. The summed E-state index contributed by atoms with van der Waals surface area (Å²) in [5.41, 5.74) is -1.82. The van der Waals surface area contributed by atoms with Crippen molar-refractivity contribution in [1.29, 1.82) is 0 Å². The van der Waals surface area contributed by atoms with Crippen LogP contribution in [0.3, 0.4) is 0 Å². The molecule has 0 aromatic heterocycles. The molecule has 0 radical (unpaired) electrons. The molecule has 0 aliphatic carbocycles. The fraction of sp³-hybridized carbons (Fsp3) is 0.769. The normalized spacial score (nSPS) is 29.4. The predicted octanol–water partition coefficient (Wildman–Crippen LogP) is 4.23. The van der Waals surface area contributed by atoms with Crippen LogP contribution in [0.15, 0.2) is 24.4 Å². The number of amides is 1. The van der Waals surface area contributed by atoms with Gasteiger partial charge >= 0.3 is 5.97 Å². The van der Waals surface area contributed by atoms with Gasteiger partial charge in [-0.2, -0.15) is 0 Å². The summed E-state index contributed by atoms with van der Waals surface area (Å²) in [5.74, 6) is -1.55. The smallest absolute Gasteiger partial charge is 0.309 e. The average molecular weight is 446 g/mol. The van der Waals surface area contributed by atoms with Gasteiger partial charge in [0.1, 0.15) is 0 Å². The Balaban J connectivity index is 2.20. The highest BCUT2D eigenvalue weighted by Crippen LogP contribution is 2.51. The Labute approximate surface area is 193 Å². The fourth-order valence-electron chi connectivity index (χ4n) is 7.61. The van der Waals surface area contributed by atoms with Crippen molar-refractivity contribution in [2.45, 2.75) is 115 Å². The summed E-state index contributed by atoms with van der Waals surface area (Å²) in [5, 5.41) is 18.2. The molecule has 3 rings (SSSR count). The molecule has 32 heavy (non-hydrogen) atoms. The first kappa shape index (κ1) is 25.0. The second kappa shape index (κ2) is 7.98. The number of carbonyl (C=O) groups excluding carboxylic acids is 1. The number of carboxylic acid groups (broad SMARTS) is 1. The number of aliphatic carboxylic acids is 1. The first-order valence-corrected chi connectivity index (χ1v) is 11.9. The first-order valence-electron chi connectivity index (χ1n) is 11.9. The molecule has 6 nitrogen and oxygen atoms in total. The zero-order valence-corrected chi connectivity index (χ0v) is 21.2. The highest BCUT2D eigenvalue weighted by Gasteiger charge is 2.60. The van der Waals surface area contributed by atoms with E-state index in [1.54, 1.807) is 4.90 Å². The minimum absolute atomic E-state index is 0.0257. The highest BCUT2D eigenvalue weighted by molar-refractivity contribution is 5.82. The molecule has 1 unspecified atom stereocenters. The summed E-state index contributed by atoms with van der Waals surface area (Å²) in [6, 6.07) is 0. The minimum atomic E-state index is -0.822. The van der Waals surface area contributed by atoms with Crippen molar-refractivity contribution in [2.24, 2.45) is 11.8 Å². The summed E-state index contributed by atoms with van der Waals surface area (Å²) in [6.07, 6.45) is 10.4. The Morgan fingerprint density at radius 1 is 0.938 bits per heavy atom. The van der Waals surface area contributed by atoms with Crippen molar-refractivity contribution in [3.8, 4) is 0 Å². The topological polar surface area (TPSA) is 81.7 Å². The predicted molar refractivity (Wildman–Crippen MR) is 128 cm³/mol. The van der Waals surface area contributed by atoms with Crippen LogP contribution in [0, 0.1) is 11.8 Å². The molecule has 180 valence electrons. The number of hydrogen-bond acceptors (Lipinski definition) is 4. The second-order valence-electron chi connectivity index (χ2n) is 13.0. The van der Waals surface area contributed by atoms with E-state index in [1.165, 1.54) is 0 Å². The highest BCUT2D eigenvalue weighted by atomic mass is 16.4. The van der Waals surface area contributed by atoms with Gasteiger partial charge in [0.05, 0.1) is 11.5 Å².